The molecule has 1 N–H and O–H groups in total. The zero-order valence-electron chi connectivity index (χ0n) is 7.56. The highest BCUT2D eigenvalue weighted by molar-refractivity contribution is 5.26. The minimum Gasteiger partial charge on any atom is -0.386 e. The lowest BCUT2D eigenvalue weighted by atomic mass is 9.97. The molecule has 0 saturated carbocycles. The van der Waals surface area contributed by atoms with Gasteiger partial charge in [0.15, 0.2) is 0 Å². The Balaban J connectivity index is 3.14. The molecule has 0 aliphatic heterocycles. The minimum atomic E-state index is -0.964. The van der Waals surface area contributed by atoms with E-state index in [1.54, 1.807) is 32.9 Å². The summed E-state index contributed by atoms with van der Waals surface area (Å²) in [5.74, 6) is -0.269. The molecule has 0 unspecified atom stereocenters. The summed E-state index contributed by atoms with van der Waals surface area (Å²) in [4.78, 5) is 0. The highest BCUT2D eigenvalue weighted by atomic mass is 19.1. The molecule has 0 radical (unpaired) electrons. The number of halogens is 1. The van der Waals surface area contributed by atoms with Gasteiger partial charge < -0.3 is 5.11 Å². The van der Waals surface area contributed by atoms with Crippen molar-refractivity contribution in [2.45, 2.75) is 26.4 Å². The molecule has 0 amide bonds. The summed E-state index contributed by atoms with van der Waals surface area (Å²) in [6.45, 7) is 4.97. The van der Waals surface area contributed by atoms with Crippen molar-refractivity contribution < 1.29 is 9.50 Å². The SMILES string of the molecule is Cc1ccc(C(C)(C)O)cc1F. The van der Waals surface area contributed by atoms with Gasteiger partial charge in [0.2, 0.25) is 0 Å². The zero-order chi connectivity index (χ0) is 9.35. The fourth-order valence-electron chi connectivity index (χ4n) is 0.973. The molecule has 0 bridgehead atoms. The average Bonchev–Trinajstić information content (AvgIpc) is 1.92. The van der Waals surface area contributed by atoms with E-state index in [9.17, 15) is 9.50 Å². The monoisotopic (exact) mass is 168 g/mol. The Hall–Kier alpha value is -0.890. The second-order valence-electron chi connectivity index (χ2n) is 3.52. The van der Waals surface area contributed by atoms with Gasteiger partial charge in [0.1, 0.15) is 5.82 Å². The van der Waals surface area contributed by atoms with Crippen molar-refractivity contribution in [2.75, 3.05) is 0 Å². The lowest BCUT2D eigenvalue weighted by Gasteiger charge is -2.17. The molecule has 0 aliphatic carbocycles. The van der Waals surface area contributed by atoms with Gasteiger partial charge in [-0.15, -0.1) is 0 Å². The minimum absolute atomic E-state index is 0.269. The number of hydrogen-bond acceptors (Lipinski definition) is 1. The van der Waals surface area contributed by atoms with E-state index in [1.807, 2.05) is 0 Å². The normalized spacial score (nSPS) is 11.8. The summed E-state index contributed by atoms with van der Waals surface area (Å²) in [6, 6.07) is 4.77. The van der Waals surface area contributed by atoms with Crippen LogP contribution >= 0.6 is 0 Å². The number of aryl methyl sites for hydroxylation is 1. The third-order valence-electron chi connectivity index (χ3n) is 1.88. The van der Waals surface area contributed by atoms with E-state index < -0.39 is 5.60 Å². The van der Waals surface area contributed by atoms with Crippen LogP contribution in [0.25, 0.3) is 0 Å². The number of benzene rings is 1. The van der Waals surface area contributed by atoms with E-state index >= 15 is 0 Å². The summed E-state index contributed by atoms with van der Waals surface area (Å²) in [7, 11) is 0. The summed E-state index contributed by atoms with van der Waals surface area (Å²) >= 11 is 0. The Kier molecular flexibility index (Phi) is 2.20. The second-order valence-corrected chi connectivity index (χ2v) is 3.52. The number of rotatable bonds is 1. The van der Waals surface area contributed by atoms with E-state index in [-0.39, 0.29) is 5.82 Å². The van der Waals surface area contributed by atoms with Crippen molar-refractivity contribution >= 4 is 0 Å². The van der Waals surface area contributed by atoms with Crippen LogP contribution in [0.2, 0.25) is 0 Å². The van der Waals surface area contributed by atoms with Gasteiger partial charge in [-0.2, -0.15) is 0 Å². The van der Waals surface area contributed by atoms with Crippen LogP contribution in [-0.4, -0.2) is 5.11 Å². The van der Waals surface area contributed by atoms with E-state index in [2.05, 4.69) is 0 Å². The van der Waals surface area contributed by atoms with E-state index in [0.717, 1.165) is 0 Å². The molecule has 1 rings (SSSR count). The van der Waals surface area contributed by atoms with Crippen molar-refractivity contribution in [3.8, 4) is 0 Å². The first-order chi connectivity index (χ1) is 5.41. The van der Waals surface area contributed by atoms with Gasteiger partial charge in [-0.25, -0.2) is 4.39 Å². The maximum atomic E-state index is 13.0. The number of aliphatic hydroxyl groups is 1. The van der Waals surface area contributed by atoms with Gasteiger partial charge in [-0.1, -0.05) is 12.1 Å². The van der Waals surface area contributed by atoms with Crippen LogP contribution in [0.15, 0.2) is 18.2 Å². The molecule has 1 aromatic carbocycles. The van der Waals surface area contributed by atoms with E-state index in [1.165, 1.54) is 6.07 Å². The van der Waals surface area contributed by atoms with Gasteiger partial charge in [-0.05, 0) is 38.0 Å². The summed E-state index contributed by atoms with van der Waals surface area (Å²) in [5, 5.41) is 9.54. The van der Waals surface area contributed by atoms with Crippen molar-refractivity contribution in [3.63, 3.8) is 0 Å². The highest BCUT2D eigenvalue weighted by Gasteiger charge is 2.16. The fourth-order valence-corrected chi connectivity index (χ4v) is 0.973. The topological polar surface area (TPSA) is 20.2 Å². The molecule has 12 heavy (non-hydrogen) atoms. The molecule has 0 aromatic heterocycles. The van der Waals surface area contributed by atoms with Crippen molar-refractivity contribution in [1.82, 2.24) is 0 Å². The molecule has 0 saturated heterocycles. The van der Waals surface area contributed by atoms with Gasteiger partial charge in [0, 0.05) is 0 Å². The van der Waals surface area contributed by atoms with Crippen molar-refractivity contribution in [3.05, 3.63) is 35.1 Å². The second kappa shape index (κ2) is 2.87. The largest absolute Gasteiger partial charge is 0.386 e. The van der Waals surface area contributed by atoms with Crippen LogP contribution in [0, 0.1) is 12.7 Å². The lowest BCUT2D eigenvalue weighted by molar-refractivity contribution is 0.0782. The molecular formula is C10H13FO. The van der Waals surface area contributed by atoms with Crippen LogP contribution in [-0.2, 0) is 5.60 Å². The maximum Gasteiger partial charge on any atom is 0.126 e. The van der Waals surface area contributed by atoms with Crippen LogP contribution in [0.4, 0.5) is 4.39 Å². The number of hydrogen-bond donors (Lipinski definition) is 1. The molecule has 0 heterocycles. The standard InChI is InChI=1S/C10H13FO/c1-7-4-5-8(6-9(7)11)10(2,3)12/h4-6,12H,1-3H3. The van der Waals surface area contributed by atoms with Crippen LogP contribution in [0.3, 0.4) is 0 Å². The third-order valence-corrected chi connectivity index (χ3v) is 1.88. The fraction of sp³-hybridized carbons (Fsp3) is 0.400. The predicted octanol–water partition coefficient (Wildman–Crippen LogP) is 2.36. The Morgan fingerprint density at radius 1 is 1.33 bits per heavy atom. The zero-order valence-corrected chi connectivity index (χ0v) is 7.56. The first kappa shape index (κ1) is 9.20. The maximum absolute atomic E-state index is 13.0. The molecule has 0 aliphatic rings. The first-order valence-corrected chi connectivity index (χ1v) is 3.90. The van der Waals surface area contributed by atoms with Gasteiger partial charge in [0.05, 0.1) is 5.60 Å². The molecule has 0 atom stereocenters. The highest BCUT2D eigenvalue weighted by Crippen LogP contribution is 2.21. The van der Waals surface area contributed by atoms with Crippen molar-refractivity contribution in [1.29, 1.82) is 0 Å². The Bertz CT molecular complexity index is 286. The summed E-state index contributed by atoms with van der Waals surface area (Å²) in [5.41, 5.74) is 0.239. The summed E-state index contributed by atoms with van der Waals surface area (Å²) in [6.07, 6.45) is 0. The van der Waals surface area contributed by atoms with Crippen LogP contribution in [0.1, 0.15) is 25.0 Å². The van der Waals surface area contributed by atoms with Crippen LogP contribution in [0.5, 0.6) is 0 Å². The predicted molar refractivity (Wildman–Crippen MR) is 46.4 cm³/mol. The molecule has 0 fully saturated rings. The van der Waals surface area contributed by atoms with Crippen molar-refractivity contribution in [2.24, 2.45) is 0 Å². The molecule has 1 aromatic rings. The Morgan fingerprint density at radius 3 is 2.33 bits per heavy atom. The van der Waals surface area contributed by atoms with Gasteiger partial charge in [-0.3, -0.25) is 0 Å². The molecule has 66 valence electrons. The lowest BCUT2D eigenvalue weighted by Crippen LogP contribution is -2.15. The molecular weight excluding hydrogens is 155 g/mol. The molecule has 2 heteroatoms. The Morgan fingerprint density at radius 2 is 1.92 bits per heavy atom. The third kappa shape index (κ3) is 1.83. The smallest absolute Gasteiger partial charge is 0.126 e. The van der Waals surface area contributed by atoms with Gasteiger partial charge in [0.25, 0.3) is 0 Å². The van der Waals surface area contributed by atoms with Crippen LogP contribution < -0.4 is 0 Å². The first-order valence-electron chi connectivity index (χ1n) is 3.90. The quantitative estimate of drug-likeness (QED) is 0.682. The van der Waals surface area contributed by atoms with E-state index in [4.69, 9.17) is 0 Å². The molecule has 0 spiro atoms. The van der Waals surface area contributed by atoms with Gasteiger partial charge >= 0.3 is 0 Å². The Labute approximate surface area is 71.9 Å². The van der Waals surface area contributed by atoms with E-state index in [0.29, 0.717) is 11.1 Å². The summed E-state index contributed by atoms with van der Waals surface area (Å²) < 4.78 is 13.0. The molecule has 1 nitrogen and oxygen atoms in total. The average molecular weight is 168 g/mol.